The van der Waals surface area contributed by atoms with Crippen molar-refractivity contribution in [3.05, 3.63) is 38.3 Å². The van der Waals surface area contributed by atoms with Crippen molar-refractivity contribution in [3.63, 3.8) is 0 Å². The fourth-order valence-electron chi connectivity index (χ4n) is 4.16. The highest BCUT2D eigenvalue weighted by molar-refractivity contribution is 9.10. The number of ether oxygens (including phenoxy) is 2. The Morgan fingerprint density at radius 1 is 1.23 bits per heavy atom. The number of carbonyl (C=O) groups is 2. The van der Waals surface area contributed by atoms with Gasteiger partial charge in [0.15, 0.2) is 6.61 Å². The van der Waals surface area contributed by atoms with Crippen LogP contribution in [0.1, 0.15) is 42.5 Å². The number of morpholine rings is 1. The average molecular weight is 484 g/mol. The molecule has 30 heavy (non-hydrogen) atoms. The highest BCUT2D eigenvalue weighted by atomic mass is 79.9. The van der Waals surface area contributed by atoms with Crippen molar-refractivity contribution in [2.75, 3.05) is 39.5 Å². The number of rotatable bonds is 7. The minimum atomic E-state index is -0.777. The quantitative estimate of drug-likeness (QED) is 0.360. The summed E-state index contributed by atoms with van der Waals surface area (Å²) in [5.41, 5.74) is -0.290. The number of nitrogens with one attached hydrogen (secondary N) is 1. The molecule has 2 aliphatic rings. The molecule has 0 bridgehead atoms. The van der Waals surface area contributed by atoms with Gasteiger partial charge in [-0.3, -0.25) is 19.8 Å². The van der Waals surface area contributed by atoms with Crippen molar-refractivity contribution < 1.29 is 24.0 Å². The van der Waals surface area contributed by atoms with Crippen molar-refractivity contribution >= 4 is 33.5 Å². The first kappa shape index (κ1) is 22.6. The lowest BCUT2D eigenvalue weighted by atomic mass is 9.79. The Labute approximate surface area is 183 Å². The van der Waals surface area contributed by atoms with Crippen LogP contribution in [-0.2, 0) is 14.3 Å². The van der Waals surface area contributed by atoms with Crippen molar-refractivity contribution in [1.29, 1.82) is 0 Å². The summed E-state index contributed by atoms with van der Waals surface area (Å²) in [6.07, 6.45) is 5.51. The van der Waals surface area contributed by atoms with E-state index in [4.69, 9.17) is 9.47 Å². The Hall–Kier alpha value is -2.04. The van der Waals surface area contributed by atoms with Crippen LogP contribution in [0.4, 0.5) is 5.69 Å². The number of hydrogen-bond donors (Lipinski definition) is 1. The number of esters is 1. The summed E-state index contributed by atoms with van der Waals surface area (Å²) < 4.78 is 10.8. The van der Waals surface area contributed by atoms with Gasteiger partial charge < -0.3 is 14.8 Å². The summed E-state index contributed by atoms with van der Waals surface area (Å²) in [6.45, 7) is 3.19. The molecule has 0 radical (unpaired) electrons. The summed E-state index contributed by atoms with van der Waals surface area (Å²) >= 11 is 3.07. The topological polar surface area (TPSA) is 111 Å². The van der Waals surface area contributed by atoms with Gasteiger partial charge in [-0.15, -0.1) is 0 Å². The van der Waals surface area contributed by atoms with E-state index in [-0.39, 0.29) is 27.2 Å². The summed E-state index contributed by atoms with van der Waals surface area (Å²) in [7, 11) is 0. The molecule has 1 aliphatic heterocycles. The van der Waals surface area contributed by atoms with Gasteiger partial charge in [0.1, 0.15) is 0 Å². The van der Waals surface area contributed by atoms with Gasteiger partial charge in [0.05, 0.1) is 28.2 Å². The van der Waals surface area contributed by atoms with Gasteiger partial charge in [0.25, 0.3) is 11.6 Å². The monoisotopic (exact) mass is 483 g/mol. The molecule has 3 rings (SSSR count). The highest BCUT2D eigenvalue weighted by Gasteiger charge is 2.38. The number of halogens is 1. The summed E-state index contributed by atoms with van der Waals surface area (Å²) in [5, 5.41) is 13.9. The maximum Gasteiger partial charge on any atom is 0.338 e. The van der Waals surface area contributed by atoms with Crippen LogP contribution in [0.2, 0.25) is 0 Å². The Kier molecular flexibility index (Phi) is 7.79. The number of hydrogen-bond acceptors (Lipinski definition) is 7. The number of nitro benzene ring substituents is 1. The largest absolute Gasteiger partial charge is 0.452 e. The standard InChI is InChI=1S/C20H26BrN3O6/c21-16-5-4-15(12-17(16)24(27)28)19(26)30-13-18(25)22-14-20(6-2-1-3-7-20)23-8-10-29-11-9-23/h4-5,12H,1-3,6-11,13-14H2,(H,22,25). The van der Waals surface area contributed by atoms with Crippen molar-refractivity contribution in [2.24, 2.45) is 0 Å². The van der Waals surface area contributed by atoms with E-state index in [1.807, 2.05) is 0 Å². The Balaban J connectivity index is 1.54. The van der Waals surface area contributed by atoms with Crippen LogP contribution >= 0.6 is 15.9 Å². The zero-order chi connectivity index (χ0) is 21.6. The zero-order valence-corrected chi connectivity index (χ0v) is 18.3. The van der Waals surface area contributed by atoms with Crippen LogP contribution in [-0.4, -0.2) is 66.7 Å². The van der Waals surface area contributed by atoms with E-state index in [0.29, 0.717) is 19.8 Å². The van der Waals surface area contributed by atoms with Gasteiger partial charge >= 0.3 is 5.97 Å². The molecule has 1 saturated carbocycles. The third kappa shape index (κ3) is 5.55. The molecule has 1 N–H and O–H groups in total. The van der Waals surface area contributed by atoms with E-state index < -0.39 is 17.5 Å². The lowest BCUT2D eigenvalue weighted by Gasteiger charge is -2.48. The molecule has 2 fully saturated rings. The highest BCUT2D eigenvalue weighted by Crippen LogP contribution is 2.34. The second-order valence-corrected chi connectivity index (χ2v) is 8.51. The lowest BCUT2D eigenvalue weighted by Crippen LogP contribution is -2.59. The number of carbonyl (C=O) groups excluding carboxylic acids is 2. The normalized spacial score (nSPS) is 19.1. The van der Waals surface area contributed by atoms with Crippen LogP contribution in [0.5, 0.6) is 0 Å². The number of amides is 1. The lowest BCUT2D eigenvalue weighted by molar-refractivity contribution is -0.385. The molecule has 1 amide bonds. The predicted molar refractivity (Wildman–Crippen MR) is 112 cm³/mol. The number of nitro groups is 1. The number of benzene rings is 1. The van der Waals surface area contributed by atoms with E-state index in [1.165, 1.54) is 18.6 Å². The first-order valence-electron chi connectivity index (χ1n) is 10.1. The fourth-order valence-corrected chi connectivity index (χ4v) is 4.55. The summed E-state index contributed by atoms with van der Waals surface area (Å²) in [4.78, 5) is 37.3. The van der Waals surface area contributed by atoms with E-state index in [2.05, 4.69) is 26.1 Å². The molecule has 9 nitrogen and oxygen atoms in total. The molecule has 1 aromatic carbocycles. The molecular weight excluding hydrogens is 458 g/mol. The Bertz CT molecular complexity index is 791. The molecule has 164 valence electrons. The third-order valence-electron chi connectivity index (χ3n) is 5.79. The van der Waals surface area contributed by atoms with E-state index in [9.17, 15) is 19.7 Å². The van der Waals surface area contributed by atoms with Gasteiger partial charge in [-0.2, -0.15) is 0 Å². The molecule has 0 unspecified atom stereocenters. The average Bonchev–Trinajstić information content (AvgIpc) is 2.77. The maximum atomic E-state index is 12.3. The molecule has 1 aliphatic carbocycles. The van der Waals surface area contributed by atoms with Crippen molar-refractivity contribution in [2.45, 2.75) is 37.6 Å². The Morgan fingerprint density at radius 3 is 2.60 bits per heavy atom. The maximum absolute atomic E-state index is 12.3. The van der Waals surface area contributed by atoms with Crippen LogP contribution in [0.15, 0.2) is 22.7 Å². The first-order valence-corrected chi connectivity index (χ1v) is 10.9. The van der Waals surface area contributed by atoms with Crippen molar-refractivity contribution in [3.8, 4) is 0 Å². The van der Waals surface area contributed by atoms with Crippen LogP contribution < -0.4 is 5.32 Å². The second-order valence-electron chi connectivity index (χ2n) is 7.66. The molecule has 0 atom stereocenters. The molecule has 0 aromatic heterocycles. The van der Waals surface area contributed by atoms with E-state index in [0.717, 1.165) is 44.8 Å². The second kappa shape index (κ2) is 10.3. The minimum absolute atomic E-state index is 0.0229. The fraction of sp³-hybridized carbons (Fsp3) is 0.600. The van der Waals surface area contributed by atoms with Gasteiger partial charge in [-0.25, -0.2) is 4.79 Å². The molecular formula is C20H26BrN3O6. The van der Waals surface area contributed by atoms with Crippen LogP contribution in [0.25, 0.3) is 0 Å². The molecule has 1 aromatic rings. The smallest absolute Gasteiger partial charge is 0.338 e. The predicted octanol–water partition coefficient (Wildman–Crippen LogP) is 2.67. The Morgan fingerprint density at radius 2 is 1.93 bits per heavy atom. The third-order valence-corrected chi connectivity index (χ3v) is 6.46. The van der Waals surface area contributed by atoms with Crippen LogP contribution in [0.3, 0.4) is 0 Å². The van der Waals surface area contributed by atoms with E-state index >= 15 is 0 Å². The minimum Gasteiger partial charge on any atom is -0.452 e. The van der Waals surface area contributed by atoms with Crippen LogP contribution in [0, 0.1) is 10.1 Å². The van der Waals surface area contributed by atoms with Gasteiger partial charge in [-0.05, 0) is 40.9 Å². The first-order chi connectivity index (χ1) is 14.4. The zero-order valence-electron chi connectivity index (χ0n) is 16.7. The van der Waals surface area contributed by atoms with Crippen molar-refractivity contribution in [1.82, 2.24) is 10.2 Å². The van der Waals surface area contributed by atoms with Gasteiger partial charge in [0.2, 0.25) is 0 Å². The summed E-state index contributed by atoms with van der Waals surface area (Å²) in [6, 6.07) is 3.94. The molecule has 0 spiro atoms. The van der Waals surface area contributed by atoms with Gasteiger partial charge in [0, 0.05) is 31.2 Å². The molecule has 10 heteroatoms. The molecule has 1 heterocycles. The van der Waals surface area contributed by atoms with Gasteiger partial charge in [-0.1, -0.05) is 19.3 Å². The van der Waals surface area contributed by atoms with E-state index in [1.54, 1.807) is 0 Å². The molecule has 1 saturated heterocycles. The SMILES string of the molecule is O=C(COC(=O)c1ccc(Br)c([N+](=O)[O-])c1)NCC1(N2CCOCC2)CCCCC1. The number of nitrogens with zero attached hydrogens (tertiary/aromatic N) is 2. The summed E-state index contributed by atoms with van der Waals surface area (Å²) in [5.74, 6) is -1.16.